The molecule has 0 aliphatic heterocycles. The van der Waals surface area contributed by atoms with Gasteiger partial charge in [0, 0.05) is 11.9 Å². The monoisotopic (exact) mass is 347 g/mol. The second-order valence-corrected chi connectivity index (χ2v) is 3.11. The van der Waals surface area contributed by atoms with Gasteiger partial charge in [0.05, 0.1) is 0 Å². The van der Waals surface area contributed by atoms with Crippen molar-refractivity contribution in [2.45, 2.75) is 0 Å². The van der Waals surface area contributed by atoms with Crippen molar-refractivity contribution in [3.05, 3.63) is 0 Å². The molecule has 5 heteroatoms. The van der Waals surface area contributed by atoms with Crippen molar-refractivity contribution < 1.29 is 5.11 Å². The van der Waals surface area contributed by atoms with Crippen LogP contribution in [0.5, 0.6) is 0 Å². The van der Waals surface area contributed by atoms with E-state index in [2.05, 4.69) is 12.2 Å². The van der Waals surface area contributed by atoms with E-state index in [9.17, 15) is 0 Å². The number of hydrogen-bond acceptors (Lipinski definition) is 3. The summed E-state index contributed by atoms with van der Waals surface area (Å²) < 4.78 is 1.69. The van der Waals surface area contributed by atoms with Gasteiger partial charge in [-0.1, -0.05) is 0 Å². The molecule has 2 nitrogen and oxygen atoms in total. The van der Waals surface area contributed by atoms with E-state index in [-0.39, 0.29) is 31.7 Å². The van der Waals surface area contributed by atoms with Gasteiger partial charge >= 0.3 is 27.3 Å². The normalized spacial score (nSPS) is 8.38. The molecule has 0 spiro atoms. The zero-order chi connectivity index (χ0) is 5.86. The van der Waals surface area contributed by atoms with E-state index < -0.39 is 0 Å². The van der Waals surface area contributed by atoms with Crippen molar-refractivity contribution in [2.24, 2.45) is 0 Å². The fourth-order valence-corrected chi connectivity index (χ4v) is 0.916. The molecule has 0 unspecified atom stereocenters. The molecule has 0 aliphatic carbocycles. The molecule has 2 radical (unpaired) electrons. The van der Waals surface area contributed by atoms with Crippen molar-refractivity contribution in [3.8, 4) is 0 Å². The van der Waals surface area contributed by atoms with Gasteiger partial charge in [-0.2, -0.15) is 0 Å². The van der Waals surface area contributed by atoms with Crippen LogP contribution in [0.15, 0.2) is 0 Å². The number of hydrogen-bond donors (Lipinski definition) is 1. The van der Waals surface area contributed by atoms with Crippen LogP contribution in [0, 0.1) is 0 Å². The fraction of sp³-hybridized carbons (Fsp3) is 0.667. The second kappa shape index (κ2) is 6.25. The summed E-state index contributed by atoms with van der Waals surface area (Å²) in [5.41, 5.74) is 0. The molecule has 0 atom stereocenters. The quantitative estimate of drug-likeness (QED) is 0.414. The van der Waals surface area contributed by atoms with Crippen LogP contribution in [0.1, 0.15) is 0 Å². The Morgan fingerprint density at radius 3 is 2.00 bits per heavy atom. The van der Waals surface area contributed by atoms with Gasteiger partial charge in [-0.25, -0.2) is 4.31 Å². The summed E-state index contributed by atoms with van der Waals surface area (Å²) in [6.45, 7) is 0. The van der Waals surface area contributed by atoms with Crippen LogP contribution >= 0.6 is 24.2 Å². The zero-order valence-electron chi connectivity index (χ0n) is 4.92. The van der Waals surface area contributed by atoms with Crippen LogP contribution in [0.25, 0.3) is 0 Å². The van der Waals surface area contributed by atoms with Crippen molar-refractivity contribution in [3.63, 3.8) is 0 Å². The van der Waals surface area contributed by atoms with Gasteiger partial charge in [0.2, 0.25) is 4.38 Å². The first-order valence-corrected chi connectivity index (χ1v) is 2.89. The molecule has 0 rings (SSSR count). The molecule has 0 saturated carbocycles. The molecular formula is C3H9NOPbS2. The van der Waals surface area contributed by atoms with Gasteiger partial charge in [-0.05, 0) is 26.3 Å². The number of nitrogens with zero attached hydrogens (tertiary/aromatic N) is 1. The Labute approximate surface area is 78.9 Å². The molecule has 1 N–H and O–H groups in total. The Morgan fingerprint density at radius 1 is 1.62 bits per heavy atom. The molecule has 8 heavy (non-hydrogen) atoms. The first-order chi connectivity index (χ1) is 3.13. The summed E-state index contributed by atoms with van der Waals surface area (Å²) in [7, 11) is 3.63. The molecule has 0 saturated heterocycles. The third-order valence-corrected chi connectivity index (χ3v) is 1.01. The summed E-state index contributed by atoms with van der Waals surface area (Å²) in [5.74, 6) is 0. The van der Waals surface area contributed by atoms with E-state index in [1.54, 1.807) is 4.31 Å². The molecule has 0 amide bonds. The van der Waals surface area contributed by atoms with Crippen molar-refractivity contribution in [2.75, 3.05) is 14.1 Å². The van der Waals surface area contributed by atoms with Crippen LogP contribution in [-0.2, 0) is 0 Å². The summed E-state index contributed by atoms with van der Waals surface area (Å²) >= 11 is 5.48. The van der Waals surface area contributed by atoms with Crippen molar-refractivity contribution in [1.82, 2.24) is 4.31 Å². The van der Waals surface area contributed by atoms with Gasteiger partial charge in [0.15, 0.2) is 0 Å². The predicted octanol–water partition coefficient (Wildman–Crippen LogP) is 0.123. The average molecular weight is 346 g/mol. The molecule has 0 aromatic heterocycles. The maximum atomic E-state index is 8.38. The molecule has 0 bridgehead atoms. The molecule has 0 aliphatic rings. The Kier molecular flexibility index (Phi) is 9.26. The third kappa shape index (κ3) is 10.2. The Morgan fingerprint density at radius 2 is 2.00 bits per heavy atom. The van der Waals surface area contributed by atoms with Crippen LogP contribution in [0.4, 0.5) is 0 Å². The van der Waals surface area contributed by atoms with E-state index in [0.717, 1.165) is 11.9 Å². The van der Waals surface area contributed by atoms with Crippen LogP contribution in [-0.4, -0.2) is 55.2 Å². The standard InChI is InChI=1S/C3H7NOS2.Pb.2H/c1-4(2)7-3(5)6;;;/h1-2H3,(H,5,6);;;. The molecule has 0 fully saturated rings. The first kappa shape index (κ1) is 11.9. The Bertz CT molecular complexity index is 77.7. The van der Waals surface area contributed by atoms with E-state index in [0.29, 0.717) is 0 Å². The minimum absolute atomic E-state index is 0. The molecular weight excluding hydrogens is 337 g/mol. The topological polar surface area (TPSA) is 23.5 Å². The van der Waals surface area contributed by atoms with E-state index in [4.69, 9.17) is 5.11 Å². The predicted molar refractivity (Wildman–Crippen MR) is 45.0 cm³/mol. The van der Waals surface area contributed by atoms with Gasteiger partial charge in [0.1, 0.15) is 0 Å². The van der Waals surface area contributed by atoms with E-state index >= 15 is 0 Å². The van der Waals surface area contributed by atoms with E-state index in [1.807, 2.05) is 14.1 Å². The number of thiocarbonyl (C=S) groups is 1. The van der Waals surface area contributed by atoms with Crippen LogP contribution in [0.2, 0.25) is 0 Å². The van der Waals surface area contributed by atoms with Crippen molar-refractivity contribution in [1.29, 1.82) is 0 Å². The SMILES string of the molecule is CN(C)SC(O)=S.[PbH2]. The van der Waals surface area contributed by atoms with Crippen LogP contribution in [0.3, 0.4) is 0 Å². The number of aliphatic hydroxyl groups excluding tert-OH is 1. The summed E-state index contributed by atoms with van der Waals surface area (Å²) in [4.78, 5) is 0. The first-order valence-electron chi connectivity index (χ1n) is 1.71. The third-order valence-electron chi connectivity index (χ3n) is 0.261. The molecule has 0 aromatic rings. The fourth-order valence-electron chi connectivity index (χ4n) is 0.156. The second-order valence-electron chi connectivity index (χ2n) is 1.17. The molecule has 48 valence electrons. The zero-order valence-corrected chi connectivity index (χ0v) is 12.0. The summed E-state index contributed by atoms with van der Waals surface area (Å²) in [6, 6.07) is 0. The molecule has 0 aromatic carbocycles. The van der Waals surface area contributed by atoms with Crippen molar-refractivity contribution >= 4 is 55.8 Å². The summed E-state index contributed by atoms with van der Waals surface area (Å²) in [6.07, 6.45) is 0. The molecule has 0 heterocycles. The maximum absolute atomic E-state index is 8.38. The van der Waals surface area contributed by atoms with Gasteiger partial charge < -0.3 is 5.11 Å². The average Bonchev–Trinajstić information content (AvgIpc) is 1.27. The number of rotatable bonds is 1. The Balaban J connectivity index is 0. The van der Waals surface area contributed by atoms with Gasteiger partial charge in [-0.15, -0.1) is 0 Å². The van der Waals surface area contributed by atoms with E-state index in [1.165, 1.54) is 0 Å². The van der Waals surface area contributed by atoms with Gasteiger partial charge in [0.25, 0.3) is 0 Å². The van der Waals surface area contributed by atoms with Crippen LogP contribution < -0.4 is 0 Å². The number of aliphatic hydroxyl groups is 1. The minimum atomic E-state index is -0.0370. The summed E-state index contributed by atoms with van der Waals surface area (Å²) in [5, 5.41) is 8.38. The van der Waals surface area contributed by atoms with Gasteiger partial charge in [-0.3, -0.25) is 0 Å². The Hall–Kier alpha value is 1.12.